The first-order chi connectivity index (χ1) is 13.5. The van der Waals surface area contributed by atoms with Crippen molar-refractivity contribution in [2.45, 2.75) is 26.4 Å². The molecule has 2 N–H and O–H groups in total. The first-order valence-corrected chi connectivity index (χ1v) is 9.78. The second kappa shape index (κ2) is 8.89. The lowest BCUT2D eigenvalue weighted by Crippen LogP contribution is -2.17. The summed E-state index contributed by atoms with van der Waals surface area (Å²) in [6, 6.07) is 16.3. The van der Waals surface area contributed by atoms with Gasteiger partial charge < -0.3 is 9.84 Å². The summed E-state index contributed by atoms with van der Waals surface area (Å²) in [5.74, 6) is 0.201. The third kappa shape index (κ3) is 4.70. The quantitative estimate of drug-likeness (QED) is 0.406. The molecule has 1 amide bonds. The molecule has 0 heterocycles. The van der Waals surface area contributed by atoms with Crippen molar-refractivity contribution in [2.24, 2.45) is 5.10 Å². The number of hydrogen-bond donors (Lipinski definition) is 2. The van der Waals surface area contributed by atoms with Gasteiger partial charge in [-0.05, 0) is 75.9 Å². The van der Waals surface area contributed by atoms with E-state index in [1.54, 1.807) is 12.1 Å². The van der Waals surface area contributed by atoms with Gasteiger partial charge in [-0.1, -0.05) is 31.2 Å². The summed E-state index contributed by atoms with van der Waals surface area (Å²) in [6.07, 6.45) is 2.58. The van der Waals surface area contributed by atoms with Crippen molar-refractivity contribution in [2.75, 3.05) is 0 Å². The van der Waals surface area contributed by atoms with Gasteiger partial charge in [-0.2, -0.15) is 5.10 Å². The van der Waals surface area contributed by atoms with Crippen LogP contribution < -0.4 is 10.2 Å². The Morgan fingerprint density at radius 2 is 1.93 bits per heavy atom. The van der Waals surface area contributed by atoms with Gasteiger partial charge in [0.05, 0.1) is 22.4 Å². The molecule has 0 aliphatic carbocycles. The SMILES string of the molecule is CCC(C)Oc1ccc(C=NNC(=O)c2cc3ccccc3cc2O)cc1Br. The number of amides is 1. The molecule has 0 radical (unpaired) electrons. The minimum Gasteiger partial charge on any atom is -0.507 e. The Hall–Kier alpha value is -2.86. The monoisotopic (exact) mass is 440 g/mol. The zero-order valence-corrected chi connectivity index (χ0v) is 17.2. The molecule has 3 aromatic rings. The van der Waals surface area contributed by atoms with Crippen LogP contribution in [-0.2, 0) is 0 Å². The van der Waals surface area contributed by atoms with Crippen LogP contribution in [0.3, 0.4) is 0 Å². The van der Waals surface area contributed by atoms with Crippen molar-refractivity contribution >= 4 is 38.8 Å². The molecule has 0 aromatic heterocycles. The number of fused-ring (bicyclic) bond motifs is 1. The van der Waals surface area contributed by atoms with E-state index in [-0.39, 0.29) is 17.4 Å². The van der Waals surface area contributed by atoms with Crippen molar-refractivity contribution < 1.29 is 14.6 Å². The van der Waals surface area contributed by atoms with Gasteiger partial charge in [0, 0.05) is 0 Å². The van der Waals surface area contributed by atoms with E-state index in [0.29, 0.717) is 0 Å². The number of halogens is 1. The third-order valence-electron chi connectivity index (χ3n) is 4.35. The fraction of sp³-hybridized carbons (Fsp3) is 0.182. The third-order valence-corrected chi connectivity index (χ3v) is 4.97. The normalized spacial score (nSPS) is 12.2. The second-order valence-electron chi connectivity index (χ2n) is 6.44. The number of carbonyl (C=O) groups excluding carboxylic acids is 1. The summed E-state index contributed by atoms with van der Waals surface area (Å²) < 4.78 is 6.62. The topological polar surface area (TPSA) is 70.9 Å². The number of hydrazone groups is 1. The van der Waals surface area contributed by atoms with Gasteiger partial charge in [0.2, 0.25) is 0 Å². The smallest absolute Gasteiger partial charge is 0.275 e. The molecule has 0 saturated heterocycles. The molecule has 28 heavy (non-hydrogen) atoms. The lowest BCUT2D eigenvalue weighted by Gasteiger charge is -2.14. The maximum atomic E-state index is 12.4. The maximum Gasteiger partial charge on any atom is 0.275 e. The molecule has 0 spiro atoms. The van der Waals surface area contributed by atoms with Gasteiger partial charge in [0.1, 0.15) is 11.5 Å². The molecular weight excluding hydrogens is 420 g/mol. The minimum atomic E-state index is -0.477. The maximum absolute atomic E-state index is 12.4. The molecule has 0 saturated carbocycles. The van der Waals surface area contributed by atoms with Crippen molar-refractivity contribution in [3.05, 3.63) is 70.2 Å². The van der Waals surface area contributed by atoms with Crippen LogP contribution in [0.4, 0.5) is 0 Å². The number of nitrogens with zero attached hydrogens (tertiary/aromatic N) is 1. The Morgan fingerprint density at radius 1 is 1.21 bits per heavy atom. The van der Waals surface area contributed by atoms with E-state index in [0.717, 1.165) is 33.0 Å². The first kappa shape index (κ1) is 19.9. The number of phenols is 1. The molecule has 6 heteroatoms. The molecule has 1 unspecified atom stereocenters. The minimum absolute atomic E-state index is 0.0827. The predicted molar refractivity (Wildman–Crippen MR) is 115 cm³/mol. The van der Waals surface area contributed by atoms with Crippen LogP contribution in [0.2, 0.25) is 0 Å². The second-order valence-corrected chi connectivity index (χ2v) is 7.30. The summed E-state index contributed by atoms with van der Waals surface area (Å²) in [4.78, 5) is 12.4. The first-order valence-electron chi connectivity index (χ1n) is 8.99. The van der Waals surface area contributed by atoms with Gasteiger partial charge in [0.25, 0.3) is 5.91 Å². The zero-order chi connectivity index (χ0) is 20.1. The summed E-state index contributed by atoms with van der Waals surface area (Å²) >= 11 is 3.49. The Kier molecular flexibility index (Phi) is 6.31. The summed E-state index contributed by atoms with van der Waals surface area (Å²) in [7, 11) is 0. The molecule has 0 bridgehead atoms. The van der Waals surface area contributed by atoms with Gasteiger partial charge in [0.15, 0.2) is 0 Å². The number of rotatable bonds is 6. The molecule has 5 nitrogen and oxygen atoms in total. The van der Waals surface area contributed by atoms with Crippen LogP contribution in [-0.4, -0.2) is 23.3 Å². The number of hydrogen-bond acceptors (Lipinski definition) is 4. The molecule has 0 aliphatic heterocycles. The van der Waals surface area contributed by atoms with Crippen LogP contribution in [0.1, 0.15) is 36.2 Å². The lowest BCUT2D eigenvalue weighted by molar-refractivity contribution is 0.0952. The number of phenolic OH excluding ortho intramolecular Hbond substituents is 1. The van der Waals surface area contributed by atoms with E-state index < -0.39 is 5.91 Å². The number of aromatic hydroxyl groups is 1. The van der Waals surface area contributed by atoms with E-state index in [4.69, 9.17) is 4.74 Å². The molecule has 144 valence electrons. The van der Waals surface area contributed by atoms with E-state index in [1.165, 1.54) is 6.21 Å². The van der Waals surface area contributed by atoms with Crippen LogP contribution in [0.5, 0.6) is 11.5 Å². The van der Waals surface area contributed by atoms with E-state index in [1.807, 2.05) is 49.4 Å². The largest absolute Gasteiger partial charge is 0.507 e. The van der Waals surface area contributed by atoms with Gasteiger partial charge in [-0.25, -0.2) is 5.43 Å². The highest BCUT2D eigenvalue weighted by Crippen LogP contribution is 2.27. The summed E-state index contributed by atoms with van der Waals surface area (Å²) in [5.41, 5.74) is 3.43. The number of ether oxygens (including phenoxy) is 1. The number of nitrogens with one attached hydrogen (secondary N) is 1. The molecule has 3 aromatic carbocycles. The van der Waals surface area contributed by atoms with E-state index in [9.17, 15) is 9.90 Å². The average Bonchev–Trinajstić information content (AvgIpc) is 2.69. The average molecular weight is 441 g/mol. The summed E-state index contributed by atoms with van der Waals surface area (Å²) in [6.45, 7) is 4.08. The molecule has 1 atom stereocenters. The van der Waals surface area contributed by atoms with E-state index >= 15 is 0 Å². The van der Waals surface area contributed by atoms with Gasteiger partial charge >= 0.3 is 0 Å². The van der Waals surface area contributed by atoms with Gasteiger partial charge in [-0.15, -0.1) is 0 Å². The number of benzene rings is 3. The molecular formula is C22H21BrN2O3. The lowest BCUT2D eigenvalue weighted by atomic mass is 10.1. The predicted octanol–water partition coefficient (Wildman–Crippen LogP) is 5.25. The van der Waals surface area contributed by atoms with Crippen molar-refractivity contribution in [1.29, 1.82) is 0 Å². The fourth-order valence-corrected chi connectivity index (χ4v) is 3.12. The highest BCUT2D eigenvalue weighted by molar-refractivity contribution is 9.10. The zero-order valence-electron chi connectivity index (χ0n) is 15.6. The Morgan fingerprint density at radius 3 is 2.61 bits per heavy atom. The van der Waals surface area contributed by atoms with Crippen LogP contribution in [0.15, 0.2) is 64.2 Å². The molecule has 0 aliphatic rings. The summed E-state index contributed by atoms with van der Waals surface area (Å²) in [5, 5.41) is 15.8. The molecule has 0 fully saturated rings. The Balaban J connectivity index is 1.70. The van der Waals surface area contributed by atoms with Crippen LogP contribution in [0.25, 0.3) is 10.8 Å². The van der Waals surface area contributed by atoms with E-state index in [2.05, 4.69) is 33.4 Å². The fourth-order valence-electron chi connectivity index (χ4n) is 2.63. The van der Waals surface area contributed by atoms with Crippen LogP contribution in [0, 0.1) is 0 Å². The number of carbonyl (C=O) groups is 1. The highest BCUT2D eigenvalue weighted by atomic mass is 79.9. The highest BCUT2D eigenvalue weighted by Gasteiger charge is 2.12. The van der Waals surface area contributed by atoms with Crippen LogP contribution >= 0.6 is 15.9 Å². The standard InChI is InChI=1S/C22H21BrN2O3/c1-3-14(2)28-21-9-8-15(10-19(21)23)13-24-25-22(27)18-11-16-6-4-5-7-17(16)12-20(18)26/h4-14,26H,3H2,1-2H3,(H,25,27). The molecule has 3 rings (SSSR count). The van der Waals surface area contributed by atoms with Crippen molar-refractivity contribution in [3.63, 3.8) is 0 Å². The van der Waals surface area contributed by atoms with Crippen molar-refractivity contribution in [1.82, 2.24) is 5.43 Å². The van der Waals surface area contributed by atoms with Gasteiger partial charge in [-0.3, -0.25) is 4.79 Å². The van der Waals surface area contributed by atoms with Crippen molar-refractivity contribution in [3.8, 4) is 11.5 Å². The Labute approximate surface area is 172 Å². The Bertz CT molecular complexity index is 1030.